The first-order valence-electron chi connectivity index (χ1n) is 25.0. The Bertz CT molecular complexity index is 1750. The Kier molecular flexibility index (Phi) is 33.4. The first-order chi connectivity index (χ1) is 31.8. The molecule has 0 aromatic rings. The smallest absolute Gasteiger partial charge is 0.210 e. The second-order valence-corrected chi connectivity index (χ2v) is 27.2. The molecule has 0 aliphatic heterocycles. The molecule has 26 heteroatoms. The molecule has 68 heavy (non-hydrogen) atoms. The van der Waals surface area contributed by atoms with Crippen LogP contribution in [0.2, 0.25) is 0 Å². The van der Waals surface area contributed by atoms with E-state index in [4.69, 9.17) is 0 Å². The fourth-order valence-electron chi connectivity index (χ4n) is 7.51. The van der Waals surface area contributed by atoms with E-state index in [1.807, 2.05) is 34.6 Å². The second kappa shape index (κ2) is 33.8. The molecule has 0 aliphatic rings. The van der Waals surface area contributed by atoms with Gasteiger partial charge in [-0.05, 0) is 32.1 Å². The quantitative estimate of drug-likeness (QED) is 0.0244. The average Bonchev–Trinajstić information content (AvgIpc) is 3.28. The number of halogens is 5. The normalized spacial score (nSPS) is 13.9. The number of unbranched alkanes of at least 4 members (excludes halogenated alkanes) is 25. The Morgan fingerprint density at radius 1 is 0.265 bits per heavy atom. The van der Waals surface area contributed by atoms with Crippen LogP contribution in [0.5, 0.6) is 0 Å². The molecule has 0 rings (SSSR count). The van der Waals surface area contributed by atoms with Gasteiger partial charge in [0.1, 0.15) is 0 Å². The zero-order valence-corrected chi connectivity index (χ0v) is 45.5. The summed E-state index contributed by atoms with van der Waals surface area (Å²) in [6.07, 6.45) is 7.88. The van der Waals surface area contributed by atoms with Crippen LogP contribution in [-0.4, -0.2) is 105 Å². The van der Waals surface area contributed by atoms with E-state index < -0.39 is 145 Å². The summed E-state index contributed by atoms with van der Waals surface area (Å²) in [5.41, 5.74) is 0. The molecule has 0 saturated carbocycles. The van der Waals surface area contributed by atoms with Crippen LogP contribution in [0.4, 0.5) is 22.4 Å². The molecule has 0 bridgehead atoms. The zero-order valence-electron chi connectivity index (χ0n) is 41.4. The highest BCUT2D eigenvalue weighted by Gasteiger charge is 2.83. The van der Waals surface area contributed by atoms with Crippen molar-refractivity contribution in [2.75, 3.05) is 28.8 Å². The Hall–Kier alpha value is -0.840. The van der Waals surface area contributed by atoms with Gasteiger partial charge in [0.25, 0.3) is 0 Å². The average molecular weight is 1090 g/mol. The van der Waals surface area contributed by atoms with Crippen molar-refractivity contribution < 1.29 is 69.6 Å². The van der Waals surface area contributed by atoms with Crippen molar-refractivity contribution in [3.05, 3.63) is 0 Å². The van der Waals surface area contributed by atoms with E-state index in [1.54, 1.807) is 0 Å². The molecule has 0 atom stereocenters. The predicted octanol–water partition coefficient (Wildman–Crippen LogP) is 11.1. The van der Waals surface area contributed by atoms with E-state index in [0.29, 0.717) is 96.3 Å². The van der Waals surface area contributed by atoms with Crippen molar-refractivity contribution in [2.24, 2.45) is 0 Å². The summed E-state index contributed by atoms with van der Waals surface area (Å²) in [4.78, 5) is 0. The van der Waals surface area contributed by atoms with Crippen molar-refractivity contribution in [1.82, 2.24) is 22.6 Å². The van der Waals surface area contributed by atoms with Crippen molar-refractivity contribution >= 4 is 50.1 Å². The van der Waals surface area contributed by atoms with Gasteiger partial charge in [0.15, 0.2) is 0 Å². The highest BCUT2D eigenvalue weighted by Crippen LogP contribution is 2.49. The minimum atomic E-state index is -6.48. The van der Waals surface area contributed by atoms with Gasteiger partial charge in [-0.2, -0.15) is 5.11 Å². The van der Waals surface area contributed by atoms with Crippen LogP contribution in [0.15, 0.2) is 0 Å². The molecule has 409 valence electrons. The summed E-state index contributed by atoms with van der Waals surface area (Å²) >= 11 is 0. The third-order valence-electron chi connectivity index (χ3n) is 11.6. The number of sulfonamides is 5. The van der Waals surface area contributed by atoms with Gasteiger partial charge < -0.3 is 0 Å². The first-order valence-corrected chi connectivity index (χ1v) is 33.0. The van der Waals surface area contributed by atoms with Crippen LogP contribution in [0.25, 0.3) is 0 Å². The number of rotatable bonds is 46. The highest BCUT2D eigenvalue weighted by atomic mass is 32.2. The van der Waals surface area contributed by atoms with Crippen LogP contribution in [-0.2, 0) is 55.2 Å². The van der Waals surface area contributed by atoms with Gasteiger partial charge >= 0.3 is 11.6 Å². The molecule has 1 radical (unpaired) electrons. The number of hydrogen-bond acceptors (Lipinski definition) is 10. The molecule has 0 heterocycles. The van der Waals surface area contributed by atoms with Gasteiger partial charge in [-0.3, -0.25) is 0 Å². The molecule has 0 aliphatic carbocycles. The molecule has 0 fully saturated rings. The molecular formula is C42H85F5N5O11S5. The Balaban J connectivity index is 8.67. The summed E-state index contributed by atoms with van der Waals surface area (Å²) in [7, 11) is -31.8. The molecule has 0 aromatic heterocycles. The fraction of sp³-hybridized carbons (Fsp3) is 1.00. The van der Waals surface area contributed by atoms with Gasteiger partial charge in [-0.15, -0.1) is 22.4 Å². The minimum absolute atomic E-state index is 0.0364. The van der Waals surface area contributed by atoms with E-state index in [9.17, 15) is 42.1 Å². The van der Waals surface area contributed by atoms with Gasteiger partial charge in [0, 0.05) is 22.6 Å². The van der Waals surface area contributed by atoms with Crippen molar-refractivity contribution in [2.45, 2.75) is 239 Å². The molecule has 0 aromatic carbocycles. The molecule has 0 amide bonds. The fourth-order valence-corrected chi connectivity index (χ4v) is 14.5. The van der Waals surface area contributed by atoms with Crippen molar-refractivity contribution in [1.29, 1.82) is 0 Å². The van der Waals surface area contributed by atoms with Crippen molar-refractivity contribution in [3.63, 3.8) is 0 Å². The zero-order chi connectivity index (χ0) is 52.1. The predicted molar refractivity (Wildman–Crippen MR) is 257 cm³/mol. The van der Waals surface area contributed by atoms with Gasteiger partial charge in [-0.25, -0.2) is 42.1 Å². The lowest BCUT2D eigenvalue weighted by Crippen LogP contribution is -2.84. The van der Waals surface area contributed by atoms with Crippen LogP contribution >= 0.6 is 0 Å². The molecule has 0 unspecified atom stereocenters. The van der Waals surface area contributed by atoms with Crippen LogP contribution < -0.4 is 0 Å². The molecule has 0 saturated heterocycles. The number of nitrogens with zero attached hydrogens (tertiary/aromatic N) is 5. The summed E-state index contributed by atoms with van der Waals surface area (Å²) in [5.74, 6) is -20.9. The van der Waals surface area contributed by atoms with E-state index in [1.165, 1.54) is 0 Å². The van der Waals surface area contributed by atoms with E-state index in [2.05, 4.69) is 0 Å². The van der Waals surface area contributed by atoms with Crippen LogP contribution in [0.1, 0.15) is 227 Å². The SMILES string of the molecule is CCCCCCCCS(=O)(=O)N(F)C([O])(N(F)S(=O)(=O)CCCCCCCC)C(N(F)S(=O)(=O)CCCCCCCC)(N(F)S(=O)(=O)CCCCCCCC)N(F)S(=O)(=O)CCCCCCCC. The van der Waals surface area contributed by atoms with Crippen LogP contribution in [0.3, 0.4) is 0 Å². The first kappa shape index (κ1) is 67.2. The second-order valence-electron chi connectivity index (χ2n) is 17.7. The Morgan fingerprint density at radius 3 is 0.588 bits per heavy atom. The lowest BCUT2D eigenvalue weighted by molar-refractivity contribution is -0.427. The maximum Gasteiger partial charge on any atom is 0.349 e. The minimum Gasteiger partial charge on any atom is -0.210 e. The monoisotopic (exact) mass is 1090 g/mol. The standard InChI is InChI=1S/C42H85F5N5O11S5/c1-6-11-16-21-26-31-36-64(54,55)48(43)41(49(44)65(56,57)37-32-27-22-17-12-7-2,50(45)66(58,59)38-33-28-23-18-13-8-3)42(53,51(46)67(60,61)39-34-29-24-19-14-9-4)52(47)68(62,63)40-35-30-25-20-15-10-5/h6-40H2,1-5H3. The topological polar surface area (TPSA) is 207 Å². The summed E-state index contributed by atoms with van der Waals surface area (Å²) < 4.78 is 216. The summed E-state index contributed by atoms with van der Waals surface area (Å²) in [6, 6.07) is 0. The van der Waals surface area contributed by atoms with Gasteiger partial charge in [0.05, 0.1) is 28.8 Å². The van der Waals surface area contributed by atoms with E-state index >= 15 is 27.5 Å². The van der Waals surface area contributed by atoms with Crippen LogP contribution in [0, 0.1) is 0 Å². The molecular weight excluding hydrogens is 1010 g/mol. The van der Waals surface area contributed by atoms with E-state index in [0.717, 1.165) is 32.1 Å². The van der Waals surface area contributed by atoms with Gasteiger partial charge in [0.2, 0.25) is 50.1 Å². The number of hydrogen-bond donors (Lipinski definition) is 0. The third kappa shape index (κ3) is 20.9. The largest absolute Gasteiger partial charge is 0.349 e. The molecule has 0 spiro atoms. The maximum atomic E-state index is 17.8. The third-order valence-corrected chi connectivity index (χ3v) is 19.4. The Labute approximate surface area is 408 Å². The summed E-state index contributed by atoms with van der Waals surface area (Å²) in [5, 5.41) is 15.7. The maximum absolute atomic E-state index is 17.8. The highest BCUT2D eigenvalue weighted by molar-refractivity contribution is 7.91. The molecule has 16 nitrogen and oxygen atoms in total. The molecule has 0 N–H and O–H groups in total. The van der Waals surface area contributed by atoms with E-state index in [-0.39, 0.29) is 32.1 Å². The lowest BCUT2D eigenvalue weighted by Gasteiger charge is -2.50. The lowest BCUT2D eigenvalue weighted by atomic mass is 10.1. The van der Waals surface area contributed by atoms with Crippen molar-refractivity contribution in [3.8, 4) is 0 Å². The summed E-state index contributed by atoms with van der Waals surface area (Å²) in [6.45, 7) is 9.30. The Morgan fingerprint density at radius 2 is 0.412 bits per heavy atom. The van der Waals surface area contributed by atoms with Gasteiger partial charge in [-0.1, -0.05) is 195 Å².